The number of hydrogen-bond donors (Lipinski definition) is 0. The first-order valence-corrected chi connectivity index (χ1v) is 6.99. The third-order valence-electron chi connectivity index (χ3n) is 2.80. The first kappa shape index (κ1) is 12.3. The van der Waals surface area contributed by atoms with Gasteiger partial charge in [-0.1, -0.05) is 23.4 Å². The molecule has 0 aliphatic heterocycles. The van der Waals surface area contributed by atoms with E-state index in [9.17, 15) is 4.79 Å². The topological polar surface area (TPSA) is 101 Å². The summed E-state index contributed by atoms with van der Waals surface area (Å²) in [5.74, 6) is 0.841. The van der Waals surface area contributed by atoms with Crippen LogP contribution in [0.25, 0.3) is 5.82 Å². The van der Waals surface area contributed by atoms with Crippen molar-refractivity contribution in [2.24, 2.45) is 7.05 Å². The normalized spacial score (nSPS) is 11.6. The smallest absolute Gasteiger partial charge is 0.369 e. The van der Waals surface area contributed by atoms with Crippen LogP contribution in [0.4, 0.5) is 0 Å². The van der Waals surface area contributed by atoms with Crippen molar-refractivity contribution in [1.82, 2.24) is 29.9 Å². The monoisotopic (exact) mass is 310 g/mol. The molecule has 10 heteroatoms. The van der Waals surface area contributed by atoms with Crippen molar-refractivity contribution in [3.05, 3.63) is 33.4 Å². The molecule has 0 N–H and O–H groups in total. The third-order valence-corrected chi connectivity index (χ3v) is 3.43. The lowest BCUT2D eigenvalue weighted by atomic mass is 10.2. The van der Waals surface area contributed by atoms with Crippen molar-refractivity contribution in [2.45, 2.75) is 20.0 Å². The molecule has 0 spiro atoms. The molecule has 0 radical (unpaired) electrons. The van der Waals surface area contributed by atoms with E-state index in [1.807, 2.05) is 6.92 Å². The summed E-state index contributed by atoms with van der Waals surface area (Å²) in [7, 11) is 1.49. The van der Waals surface area contributed by atoms with Crippen molar-refractivity contribution >= 4 is 11.3 Å². The maximum atomic E-state index is 11.9. The van der Waals surface area contributed by atoms with E-state index < -0.39 is 5.69 Å². The first-order valence-electron chi connectivity index (χ1n) is 6.62. The zero-order chi connectivity index (χ0) is 15.7. The Morgan fingerprint density at radius 3 is 3.00 bits per heavy atom. The van der Waals surface area contributed by atoms with Gasteiger partial charge in [0, 0.05) is 25.0 Å². The molecule has 21 heavy (non-hydrogen) atoms. The lowest BCUT2D eigenvalue weighted by Gasteiger charge is -2.03. The van der Waals surface area contributed by atoms with Gasteiger partial charge in [-0.05, 0) is 10.4 Å². The van der Waals surface area contributed by atoms with E-state index in [4.69, 9.17) is 10.6 Å². The maximum Gasteiger partial charge on any atom is 0.369 e. The minimum atomic E-state index is -0.431. The summed E-state index contributed by atoms with van der Waals surface area (Å²) in [6.07, 6.45) is 0.730. The largest absolute Gasteiger partial charge is 0.465 e. The number of thiazole rings is 1. The van der Waals surface area contributed by atoms with E-state index >= 15 is 0 Å². The Morgan fingerprint density at radius 2 is 2.38 bits per heavy atom. The number of hydrogen-bond acceptors (Lipinski definition) is 8. The fourth-order valence-electron chi connectivity index (χ4n) is 1.75. The van der Waals surface area contributed by atoms with Gasteiger partial charge in [0.1, 0.15) is 12.4 Å². The molecule has 0 atom stereocenters. The summed E-state index contributed by atoms with van der Waals surface area (Å²) in [5.41, 5.74) is 0.173. The highest BCUT2D eigenvalue weighted by Crippen LogP contribution is 2.21. The molecular formula is C11H12N6O3S. The fraction of sp³-hybridized carbons (Fsp3) is 0.364. The Balaban J connectivity index is 1.93. The van der Waals surface area contributed by atoms with E-state index in [0.717, 1.165) is 9.36 Å². The summed E-state index contributed by atoms with van der Waals surface area (Å²) in [6, 6.07) is 0. The van der Waals surface area contributed by atoms with Crippen molar-refractivity contribution < 1.29 is 10.6 Å². The number of tetrazole rings is 1. The van der Waals surface area contributed by atoms with Crippen LogP contribution in [0.3, 0.4) is 0 Å². The van der Waals surface area contributed by atoms with E-state index in [2.05, 4.69) is 20.6 Å². The molecule has 110 valence electrons. The summed E-state index contributed by atoms with van der Waals surface area (Å²) in [5, 5.41) is 13.2. The molecule has 3 aromatic rings. The van der Waals surface area contributed by atoms with Crippen molar-refractivity contribution in [2.75, 3.05) is 0 Å². The molecule has 0 amide bonds. The van der Waals surface area contributed by atoms with Gasteiger partial charge in [-0.25, -0.2) is 9.78 Å². The SMILES string of the molecule is [3H]c1csc(OCc2c(-n3nnn(C)c3=O)noc2CC)n1. The van der Waals surface area contributed by atoms with Crippen molar-refractivity contribution in [1.29, 1.82) is 0 Å². The zero-order valence-electron chi connectivity index (χ0n) is 12.3. The molecule has 0 bridgehead atoms. The van der Waals surface area contributed by atoms with Crippen LogP contribution in [0.1, 0.15) is 19.6 Å². The van der Waals surface area contributed by atoms with Gasteiger partial charge in [-0.2, -0.15) is 4.68 Å². The minimum Gasteiger partial charge on any atom is -0.465 e. The van der Waals surface area contributed by atoms with Gasteiger partial charge in [0.25, 0.3) is 5.19 Å². The molecule has 0 unspecified atom stereocenters. The Bertz CT molecular complexity index is 850. The Labute approximate surface area is 124 Å². The number of nitrogens with zero attached hydrogens (tertiary/aromatic N) is 6. The van der Waals surface area contributed by atoms with Gasteiger partial charge < -0.3 is 9.26 Å². The number of aryl methyl sites for hydroxylation is 2. The van der Waals surface area contributed by atoms with Crippen LogP contribution in [0.5, 0.6) is 5.19 Å². The minimum absolute atomic E-state index is 0.109. The summed E-state index contributed by atoms with van der Waals surface area (Å²) < 4.78 is 20.3. The average Bonchev–Trinajstić information content (AvgIpc) is 3.18. The van der Waals surface area contributed by atoms with Gasteiger partial charge >= 0.3 is 5.69 Å². The number of aromatic nitrogens is 6. The highest BCUT2D eigenvalue weighted by molar-refractivity contribution is 7.11. The van der Waals surface area contributed by atoms with Gasteiger partial charge in [0.2, 0.25) is 5.82 Å². The van der Waals surface area contributed by atoms with E-state index in [1.54, 1.807) is 5.38 Å². The van der Waals surface area contributed by atoms with Crippen molar-refractivity contribution in [3.8, 4) is 11.0 Å². The third kappa shape index (κ3) is 2.44. The van der Waals surface area contributed by atoms with Gasteiger partial charge in [0.05, 0.1) is 6.93 Å². The van der Waals surface area contributed by atoms with Crippen LogP contribution in [0.2, 0.25) is 0 Å². The molecule has 3 heterocycles. The predicted octanol–water partition coefficient (Wildman–Crippen LogP) is 0.552. The molecule has 3 rings (SSSR count). The lowest BCUT2D eigenvalue weighted by molar-refractivity contribution is 0.299. The Hall–Kier alpha value is -2.49. The highest BCUT2D eigenvalue weighted by Gasteiger charge is 2.21. The van der Waals surface area contributed by atoms with Gasteiger partial charge in [-0.3, -0.25) is 0 Å². The molecule has 0 aliphatic carbocycles. The van der Waals surface area contributed by atoms with Crippen LogP contribution < -0.4 is 10.4 Å². The second-order valence-corrected chi connectivity index (χ2v) is 4.91. The van der Waals surface area contributed by atoms with Gasteiger partial charge in [-0.15, -0.1) is 4.68 Å². The molecule has 0 fully saturated rings. The van der Waals surface area contributed by atoms with E-state index in [-0.39, 0.29) is 18.6 Å². The molecule has 0 aromatic carbocycles. The quantitative estimate of drug-likeness (QED) is 0.678. The summed E-state index contributed by atoms with van der Waals surface area (Å²) >= 11 is 1.22. The second kappa shape index (κ2) is 5.48. The molecular weight excluding hydrogens is 296 g/mol. The second-order valence-electron chi connectivity index (χ2n) is 4.09. The first-order chi connectivity index (χ1) is 10.6. The van der Waals surface area contributed by atoms with E-state index in [0.29, 0.717) is 22.9 Å². The molecule has 3 aromatic heterocycles. The number of rotatable bonds is 5. The van der Waals surface area contributed by atoms with Crippen LogP contribution in [-0.2, 0) is 20.1 Å². The highest BCUT2D eigenvalue weighted by atomic mass is 32.1. The Kier molecular flexibility index (Phi) is 3.20. The predicted molar refractivity (Wildman–Crippen MR) is 72.5 cm³/mol. The fourth-order valence-corrected chi connectivity index (χ4v) is 2.19. The molecule has 0 saturated carbocycles. The van der Waals surface area contributed by atoms with Crippen molar-refractivity contribution in [3.63, 3.8) is 0 Å². The molecule has 0 aliphatic rings. The standard InChI is InChI=1S/C11H12N6O3S/c1-3-8-7(6-19-10-12-4-5-21-10)9(13-20-8)17-11(18)16(2)14-15-17/h4-5H,3,6H2,1-2H3/i4T. The summed E-state index contributed by atoms with van der Waals surface area (Å²) in [6.45, 7) is 2.01. The average molecular weight is 310 g/mol. The van der Waals surface area contributed by atoms with E-state index in [1.165, 1.54) is 18.4 Å². The van der Waals surface area contributed by atoms with Gasteiger partial charge in [0.15, 0.2) is 0 Å². The summed E-state index contributed by atoms with van der Waals surface area (Å²) in [4.78, 5) is 15.8. The molecule has 0 saturated heterocycles. The van der Waals surface area contributed by atoms with Crippen LogP contribution in [0, 0.1) is 0 Å². The van der Waals surface area contributed by atoms with Crippen LogP contribution in [0.15, 0.2) is 20.9 Å². The zero-order valence-corrected chi connectivity index (χ0v) is 12.1. The number of ether oxygens (including phenoxy) is 1. The van der Waals surface area contributed by atoms with Crippen LogP contribution in [-0.4, -0.2) is 29.9 Å². The molecule has 9 nitrogen and oxygen atoms in total. The van der Waals surface area contributed by atoms with Crippen LogP contribution >= 0.6 is 11.3 Å². The lowest BCUT2D eigenvalue weighted by Crippen LogP contribution is -2.23. The maximum absolute atomic E-state index is 11.9. The Morgan fingerprint density at radius 1 is 1.52 bits per heavy atom.